The van der Waals surface area contributed by atoms with Crippen LogP contribution in [0.5, 0.6) is 0 Å². The van der Waals surface area contributed by atoms with E-state index in [1.165, 1.54) is 6.42 Å². The molecule has 1 aliphatic rings. The van der Waals surface area contributed by atoms with Gasteiger partial charge in [-0.15, -0.1) is 0 Å². The average Bonchev–Trinajstić information content (AvgIpc) is 2.94. The molecule has 0 aliphatic carbocycles. The van der Waals surface area contributed by atoms with E-state index in [1.54, 1.807) is 0 Å². The summed E-state index contributed by atoms with van der Waals surface area (Å²) in [5.74, 6) is 1.57. The number of aryl methyl sites for hydroxylation is 1. The molecule has 0 amide bonds. The van der Waals surface area contributed by atoms with Gasteiger partial charge in [-0.2, -0.15) is 4.98 Å². The molecule has 0 spiro atoms. The summed E-state index contributed by atoms with van der Waals surface area (Å²) in [6.45, 7) is 6.23. The van der Waals surface area contributed by atoms with Gasteiger partial charge in [0.2, 0.25) is 5.89 Å². The van der Waals surface area contributed by atoms with Gasteiger partial charge in [0, 0.05) is 12.5 Å². The number of likely N-dealkylation sites (tertiary alicyclic amines) is 1. The number of aromatic nitrogens is 2. The van der Waals surface area contributed by atoms with Gasteiger partial charge in [0.05, 0.1) is 6.04 Å². The van der Waals surface area contributed by atoms with Crippen molar-refractivity contribution in [3.8, 4) is 0 Å². The van der Waals surface area contributed by atoms with Gasteiger partial charge < -0.3 is 10.3 Å². The predicted molar refractivity (Wildman–Crippen MR) is 65.5 cm³/mol. The highest BCUT2D eigenvalue weighted by Gasteiger charge is 2.31. The molecule has 2 N–H and O–H groups in total. The third-order valence-electron chi connectivity index (χ3n) is 3.33. The minimum atomic E-state index is 0.338. The van der Waals surface area contributed by atoms with Crippen LogP contribution < -0.4 is 5.73 Å². The zero-order valence-corrected chi connectivity index (χ0v) is 10.7. The lowest BCUT2D eigenvalue weighted by atomic mass is 10.2. The third-order valence-corrected chi connectivity index (χ3v) is 3.33. The molecule has 1 atom stereocenters. The lowest BCUT2D eigenvalue weighted by Crippen LogP contribution is -2.30. The van der Waals surface area contributed by atoms with Crippen molar-refractivity contribution in [2.45, 2.75) is 51.6 Å². The quantitative estimate of drug-likeness (QED) is 0.842. The van der Waals surface area contributed by atoms with E-state index >= 15 is 0 Å². The summed E-state index contributed by atoms with van der Waals surface area (Å²) in [5, 5.41) is 4.12. The molecular weight excluding hydrogens is 216 g/mol. The molecule has 17 heavy (non-hydrogen) atoms. The van der Waals surface area contributed by atoms with Crippen molar-refractivity contribution >= 4 is 0 Å². The minimum absolute atomic E-state index is 0.338. The van der Waals surface area contributed by atoms with E-state index in [0.29, 0.717) is 18.6 Å². The first kappa shape index (κ1) is 12.5. The molecule has 0 saturated carbocycles. The van der Waals surface area contributed by atoms with Crippen LogP contribution in [0.2, 0.25) is 0 Å². The van der Waals surface area contributed by atoms with E-state index in [0.717, 1.165) is 37.5 Å². The molecule has 0 radical (unpaired) electrons. The second kappa shape index (κ2) is 5.60. The Bertz CT molecular complexity index is 350. The van der Waals surface area contributed by atoms with Crippen LogP contribution in [0, 0.1) is 0 Å². The molecule has 0 bridgehead atoms. The van der Waals surface area contributed by atoms with Gasteiger partial charge in [-0.1, -0.05) is 5.16 Å². The summed E-state index contributed by atoms with van der Waals surface area (Å²) in [6.07, 6.45) is 4.04. The Morgan fingerprint density at radius 2 is 2.35 bits per heavy atom. The molecule has 1 aromatic heterocycles. The normalized spacial score (nSPS) is 21.5. The zero-order valence-electron chi connectivity index (χ0n) is 10.7. The molecule has 96 valence electrons. The zero-order chi connectivity index (χ0) is 12.3. The Balaban J connectivity index is 2.03. The maximum absolute atomic E-state index is 5.47. The Hall–Kier alpha value is -0.940. The Labute approximate surface area is 102 Å². The van der Waals surface area contributed by atoms with Gasteiger partial charge in [0.25, 0.3) is 0 Å². The largest absolute Gasteiger partial charge is 0.339 e. The van der Waals surface area contributed by atoms with E-state index in [9.17, 15) is 0 Å². The van der Waals surface area contributed by atoms with Crippen molar-refractivity contribution in [2.75, 3.05) is 13.1 Å². The number of hydrogen-bond acceptors (Lipinski definition) is 5. The number of nitrogens with two attached hydrogens (primary N) is 1. The van der Waals surface area contributed by atoms with Gasteiger partial charge >= 0.3 is 0 Å². The van der Waals surface area contributed by atoms with Crippen LogP contribution in [0.4, 0.5) is 0 Å². The maximum Gasteiger partial charge on any atom is 0.226 e. The SMILES string of the molecule is CC(C)N1CCCC1c1noc(CCCN)n1. The summed E-state index contributed by atoms with van der Waals surface area (Å²) in [5.41, 5.74) is 5.47. The van der Waals surface area contributed by atoms with Gasteiger partial charge in [0.1, 0.15) is 0 Å². The average molecular weight is 238 g/mol. The molecular formula is C12H22N4O. The number of rotatable bonds is 5. The first-order valence-electron chi connectivity index (χ1n) is 6.50. The van der Waals surface area contributed by atoms with Crippen molar-refractivity contribution in [1.82, 2.24) is 15.0 Å². The van der Waals surface area contributed by atoms with E-state index < -0.39 is 0 Å². The summed E-state index contributed by atoms with van der Waals surface area (Å²) in [6, 6.07) is 0.874. The Kier molecular flexibility index (Phi) is 4.12. The fourth-order valence-corrected chi connectivity index (χ4v) is 2.44. The van der Waals surface area contributed by atoms with Crippen LogP contribution in [0.15, 0.2) is 4.52 Å². The molecule has 1 aliphatic heterocycles. The van der Waals surface area contributed by atoms with Gasteiger partial charge in [0.15, 0.2) is 5.82 Å². The summed E-state index contributed by atoms with van der Waals surface area (Å²) < 4.78 is 5.26. The predicted octanol–water partition coefficient (Wildman–Crippen LogP) is 1.51. The van der Waals surface area contributed by atoms with Crippen molar-refractivity contribution in [3.05, 3.63) is 11.7 Å². The standard InChI is InChI=1S/C12H22N4O/c1-9(2)16-8-4-5-10(16)12-14-11(17-15-12)6-3-7-13/h9-10H,3-8,13H2,1-2H3. The highest BCUT2D eigenvalue weighted by atomic mass is 16.5. The van der Waals surface area contributed by atoms with Gasteiger partial charge in [-0.25, -0.2) is 0 Å². The fraction of sp³-hybridized carbons (Fsp3) is 0.833. The van der Waals surface area contributed by atoms with E-state index in [2.05, 4.69) is 28.9 Å². The summed E-state index contributed by atoms with van der Waals surface area (Å²) in [4.78, 5) is 6.93. The molecule has 1 saturated heterocycles. The van der Waals surface area contributed by atoms with E-state index in [-0.39, 0.29) is 0 Å². The molecule has 2 heterocycles. The van der Waals surface area contributed by atoms with Crippen LogP contribution in [0.3, 0.4) is 0 Å². The van der Waals surface area contributed by atoms with Crippen molar-refractivity contribution in [1.29, 1.82) is 0 Å². The van der Waals surface area contributed by atoms with E-state index in [4.69, 9.17) is 10.3 Å². The topological polar surface area (TPSA) is 68.2 Å². The summed E-state index contributed by atoms with van der Waals surface area (Å²) >= 11 is 0. The molecule has 1 aromatic rings. The smallest absolute Gasteiger partial charge is 0.226 e. The number of hydrogen-bond donors (Lipinski definition) is 1. The highest BCUT2D eigenvalue weighted by molar-refractivity contribution is 4.99. The minimum Gasteiger partial charge on any atom is -0.339 e. The molecule has 1 unspecified atom stereocenters. The van der Waals surface area contributed by atoms with Crippen LogP contribution in [-0.2, 0) is 6.42 Å². The Morgan fingerprint density at radius 3 is 3.06 bits per heavy atom. The lowest BCUT2D eigenvalue weighted by Gasteiger charge is -2.25. The van der Waals surface area contributed by atoms with Crippen LogP contribution in [-0.4, -0.2) is 34.2 Å². The third kappa shape index (κ3) is 2.84. The maximum atomic E-state index is 5.47. The highest BCUT2D eigenvalue weighted by Crippen LogP contribution is 2.31. The summed E-state index contributed by atoms with van der Waals surface area (Å²) in [7, 11) is 0. The fourth-order valence-electron chi connectivity index (χ4n) is 2.44. The van der Waals surface area contributed by atoms with Crippen molar-refractivity contribution < 1.29 is 4.52 Å². The van der Waals surface area contributed by atoms with Gasteiger partial charge in [-0.3, -0.25) is 4.90 Å². The first-order chi connectivity index (χ1) is 8.22. The molecule has 5 nitrogen and oxygen atoms in total. The molecule has 0 aromatic carbocycles. The van der Waals surface area contributed by atoms with Crippen LogP contribution >= 0.6 is 0 Å². The van der Waals surface area contributed by atoms with E-state index in [1.807, 2.05) is 0 Å². The molecule has 1 fully saturated rings. The molecule has 2 rings (SSSR count). The molecule has 5 heteroatoms. The lowest BCUT2D eigenvalue weighted by molar-refractivity contribution is 0.195. The first-order valence-corrected chi connectivity index (χ1v) is 6.50. The van der Waals surface area contributed by atoms with Crippen LogP contribution in [0.25, 0.3) is 0 Å². The van der Waals surface area contributed by atoms with Crippen LogP contribution in [0.1, 0.15) is 50.9 Å². The van der Waals surface area contributed by atoms with Crippen molar-refractivity contribution in [3.63, 3.8) is 0 Å². The monoisotopic (exact) mass is 238 g/mol. The number of nitrogens with zero attached hydrogens (tertiary/aromatic N) is 3. The van der Waals surface area contributed by atoms with Crippen molar-refractivity contribution in [2.24, 2.45) is 5.73 Å². The second-order valence-electron chi connectivity index (χ2n) is 4.93. The van der Waals surface area contributed by atoms with Gasteiger partial charge in [-0.05, 0) is 46.2 Å². The second-order valence-corrected chi connectivity index (χ2v) is 4.93. The Morgan fingerprint density at radius 1 is 1.53 bits per heavy atom.